The number of carbonyl (C=O) groups is 1. The van der Waals surface area contributed by atoms with E-state index in [1.54, 1.807) is 24.3 Å². The van der Waals surface area contributed by atoms with Gasteiger partial charge in [0.15, 0.2) is 0 Å². The number of benzene rings is 2. The molecule has 7 nitrogen and oxygen atoms in total. The topological polar surface area (TPSA) is 110 Å². The number of aromatic nitrogens is 3. The standard InChI is InChI=1S/C20H18ClN5O2S/c21-13-4-3-5-14(9-13)24-18(27)11-29-20-26-25-19(28-20)16(22)8-12-10-23-17-7-2-1-6-15(12)17/h1-7,9-10,16,23H,8,11,22H2,(H,24,27)/t16-/m0/s1. The number of hydrogen-bond acceptors (Lipinski definition) is 6. The Bertz CT molecular complexity index is 1140. The number of fused-ring (bicyclic) bond motifs is 1. The van der Waals surface area contributed by atoms with Crippen molar-refractivity contribution in [3.63, 3.8) is 0 Å². The lowest BCUT2D eigenvalue weighted by Crippen LogP contribution is -2.14. The van der Waals surface area contributed by atoms with Crippen molar-refractivity contribution in [2.75, 3.05) is 11.1 Å². The highest BCUT2D eigenvalue weighted by atomic mass is 35.5. The predicted octanol–water partition coefficient (Wildman–Crippen LogP) is 4.18. The molecular formula is C20H18ClN5O2S. The molecule has 0 saturated carbocycles. The summed E-state index contributed by atoms with van der Waals surface area (Å²) in [5.74, 6) is 0.277. The number of nitrogens with two attached hydrogens (primary N) is 1. The van der Waals surface area contributed by atoms with Gasteiger partial charge < -0.3 is 20.5 Å². The first kappa shape index (κ1) is 19.5. The number of para-hydroxylation sites is 1. The zero-order valence-electron chi connectivity index (χ0n) is 15.3. The molecule has 0 saturated heterocycles. The van der Waals surface area contributed by atoms with Crippen molar-refractivity contribution in [2.24, 2.45) is 5.73 Å². The summed E-state index contributed by atoms with van der Waals surface area (Å²) in [6.07, 6.45) is 2.50. The van der Waals surface area contributed by atoms with Crippen molar-refractivity contribution in [3.8, 4) is 0 Å². The van der Waals surface area contributed by atoms with Crippen molar-refractivity contribution in [3.05, 3.63) is 71.2 Å². The maximum Gasteiger partial charge on any atom is 0.277 e. The summed E-state index contributed by atoms with van der Waals surface area (Å²) >= 11 is 7.07. The van der Waals surface area contributed by atoms with E-state index in [1.165, 1.54) is 0 Å². The molecule has 0 aliphatic rings. The van der Waals surface area contributed by atoms with Gasteiger partial charge in [-0.25, -0.2) is 0 Å². The van der Waals surface area contributed by atoms with Gasteiger partial charge in [0.1, 0.15) is 0 Å². The first-order chi connectivity index (χ1) is 14.1. The number of nitrogens with zero attached hydrogens (tertiary/aromatic N) is 2. The van der Waals surface area contributed by atoms with Crippen LogP contribution in [0.25, 0.3) is 10.9 Å². The molecule has 4 rings (SSSR count). The number of hydrogen-bond donors (Lipinski definition) is 3. The quantitative estimate of drug-likeness (QED) is 0.382. The van der Waals surface area contributed by atoms with Gasteiger partial charge in [0, 0.05) is 27.8 Å². The van der Waals surface area contributed by atoms with Gasteiger partial charge in [0.2, 0.25) is 11.8 Å². The monoisotopic (exact) mass is 427 g/mol. The number of H-pyrrole nitrogens is 1. The number of amides is 1. The minimum Gasteiger partial charge on any atom is -0.414 e. The van der Waals surface area contributed by atoms with Crippen LogP contribution in [0.15, 0.2) is 64.4 Å². The highest BCUT2D eigenvalue weighted by Gasteiger charge is 2.18. The third-order valence-electron chi connectivity index (χ3n) is 4.29. The van der Waals surface area contributed by atoms with Crippen LogP contribution >= 0.6 is 23.4 Å². The highest BCUT2D eigenvalue weighted by molar-refractivity contribution is 7.99. The molecule has 29 heavy (non-hydrogen) atoms. The lowest BCUT2D eigenvalue weighted by molar-refractivity contribution is -0.113. The van der Waals surface area contributed by atoms with Crippen molar-refractivity contribution in [2.45, 2.75) is 17.7 Å². The third kappa shape index (κ3) is 4.79. The summed E-state index contributed by atoms with van der Waals surface area (Å²) in [5.41, 5.74) is 9.03. The molecule has 0 fully saturated rings. The average Bonchev–Trinajstić information content (AvgIpc) is 3.34. The minimum absolute atomic E-state index is 0.131. The van der Waals surface area contributed by atoms with Crippen molar-refractivity contribution < 1.29 is 9.21 Å². The highest BCUT2D eigenvalue weighted by Crippen LogP contribution is 2.25. The lowest BCUT2D eigenvalue weighted by atomic mass is 10.1. The maximum atomic E-state index is 12.1. The van der Waals surface area contributed by atoms with Crippen LogP contribution in [0.2, 0.25) is 5.02 Å². The van der Waals surface area contributed by atoms with Crippen molar-refractivity contribution >= 4 is 45.9 Å². The molecule has 0 aliphatic heterocycles. The smallest absolute Gasteiger partial charge is 0.277 e. The normalized spacial score (nSPS) is 12.2. The molecule has 1 atom stereocenters. The zero-order chi connectivity index (χ0) is 20.2. The average molecular weight is 428 g/mol. The van der Waals surface area contributed by atoms with E-state index in [-0.39, 0.29) is 11.7 Å². The Balaban J connectivity index is 1.33. The molecule has 0 unspecified atom stereocenters. The number of halogens is 1. The van der Waals surface area contributed by atoms with Crippen LogP contribution in [0.1, 0.15) is 17.5 Å². The number of nitrogens with one attached hydrogen (secondary N) is 2. The molecule has 1 amide bonds. The first-order valence-corrected chi connectivity index (χ1v) is 10.3. The molecule has 9 heteroatoms. The summed E-state index contributed by atoms with van der Waals surface area (Å²) in [5, 5.41) is 12.8. The molecule has 0 bridgehead atoms. The Morgan fingerprint density at radius 1 is 1.24 bits per heavy atom. The Morgan fingerprint density at radius 3 is 2.97 bits per heavy atom. The largest absolute Gasteiger partial charge is 0.414 e. The Hall–Kier alpha value is -2.81. The van der Waals surface area contributed by atoms with Crippen LogP contribution in [0.5, 0.6) is 0 Å². The summed E-state index contributed by atoms with van der Waals surface area (Å²) in [4.78, 5) is 15.3. The van der Waals surface area contributed by atoms with Gasteiger partial charge in [0.05, 0.1) is 11.8 Å². The lowest BCUT2D eigenvalue weighted by Gasteiger charge is -2.06. The number of thioether (sulfide) groups is 1. The second kappa shape index (κ2) is 8.69. The molecular weight excluding hydrogens is 410 g/mol. The molecule has 0 aliphatic carbocycles. The van der Waals surface area contributed by atoms with E-state index in [0.717, 1.165) is 28.2 Å². The molecule has 2 heterocycles. The molecule has 0 spiro atoms. The van der Waals surface area contributed by atoms with Gasteiger partial charge in [0.25, 0.3) is 5.22 Å². The summed E-state index contributed by atoms with van der Waals surface area (Å²) in [7, 11) is 0. The Labute approximate surface area is 176 Å². The summed E-state index contributed by atoms with van der Waals surface area (Å²) < 4.78 is 5.63. The van der Waals surface area contributed by atoms with Crippen LogP contribution in [-0.4, -0.2) is 26.8 Å². The minimum atomic E-state index is -0.434. The zero-order valence-corrected chi connectivity index (χ0v) is 16.8. The fraction of sp³-hybridized carbons (Fsp3) is 0.150. The van der Waals surface area contributed by atoms with Gasteiger partial charge >= 0.3 is 0 Å². The number of aromatic amines is 1. The molecule has 4 aromatic rings. The van der Waals surface area contributed by atoms with Crippen LogP contribution < -0.4 is 11.1 Å². The van der Waals surface area contributed by atoms with Gasteiger partial charge in [-0.2, -0.15) is 0 Å². The molecule has 0 radical (unpaired) electrons. The Kier molecular flexibility index (Phi) is 5.84. The van der Waals surface area contributed by atoms with E-state index in [4.69, 9.17) is 21.8 Å². The maximum absolute atomic E-state index is 12.1. The van der Waals surface area contributed by atoms with Crippen LogP contribution in [-0.2, 0) is 11.2 Å². The summed E-state index contributed by atoms with van der Waals surface area (Å²) in [6, 6.07) is 14.5. The fourth-order valence-electron chi connectivity index (χ4n) is 2.94. The van der Waals surface area contributed by atoms with Crippen molar-refractivity contribution in [1.82, 2.24) is 15.2 Å². The van der Waals surface area contributed by atoms with Gasteiger partial charge in [-0.3, -0.25) is 4.79 Å². The van der Waals surface area contributed by atoms with Gasteiger partial charge in [-0.05, 0) is 36.2 Å². The Morgan fingerprint density at radius 2 is 2.10 bits per heavy atom. The first-order valence-electron chi connectivity index (χ1n) is 8.90. The second-order valence-electron chi connectivity index (χ2n) is 6.42. The van der Waals surface area contributed by atoms with Crippen LogP contribution in [0.4, 0.5) is 5.69 Å². The fourth-order valence-corrected chi connectivity index (χ4v) is 3.70. The number of anilines is 1. The van der Waals surface area contributed by atoms with E-state index in [9.17, 15) is 4.79 Å². The van der Waals surface area contributed by atoms with E-state index in [2.05, 4.69) is 20.5 Å². The number of rotatable bonds is 7. The molecule has 148 valence electrons. The molecule has 2 aromatic heterocycles. The molecule has 2 aromatic carbocycles. The SMILES string of the molecule is N[C@@H](Cc1c[nH]c2ccccc12)c1nnc(SCC(=O)Nc2cccc(Cl)c2)o1. The summed E-state index contributed by atoms with van der Waals surface area (Å²) in [6.45, 7) is 0. The van der Waals surface area contributed by atoms with E-state index >= 15 is 0 Å². The molecule has 4 N–H and O–H groups in total. The van der Waals surface area contributed by atoms with E-state index < -0.39 is 6.04 Å². The van der Waals surface area contributed by atoms with E-state index in [0.29, 0.717) is 28.2 Å². The van der Waals surface area contributed by atoms with Crippen molar-refractivity contribution in [1.29, 1.82) is 0 Å². The van der Waals surface area contributed by atoms with Crippen LogP contribution in [0.3, 0.4) is 0 Å². The number of carbonyl (C=O) groups excluding carboxylic acids is 1. The van der Waals surface area contributed by atoms with E-state index in [1.807, 2.05) is 30.5 Å². The second-order valence-corrected chi connectivity index (χ2v) is 7.79. The van der Waals surface area contributed by atoms with Gasteiger partial charge in [-0.15, -0.1) is 10.2 Å². The third-order valence-corrected chi connectivity index (χ3v) is 5.34. The van der Waals surface area contributed by atoms with Gasteiger partial charge in [-0.1, -0.05) is 47.6 Å². The predicted molar refractivity (Wildman–Crippen MR) is 114 cm³/mol. The van der Waals surface area contributed by atoms with Crippen LogP contribution in [0, 0.1) is 0 Å².